The lowest BCUT2D eigenvalue weighted by atomic mass is 10.00. The van der Waals surface area contributed by atoms with Gasteiger partial charge in [-0.3, -0.25) is 0 Å². The molecule has 1 saturated heterocycles. The fraction of sp³-hybridized carbons (Fsp3) is 0.533. The first-order valence-electron chi connectivity index (χ1n) is 6.87. The number of aliphatic hydroxyl groups is 2. The summed E-state index contributed by atoms with van der Waals surface area (Å²) in [6.45, 7) is 1.64. The third-order valence-corrected chi connectivity index (χ3v) is 3.58. The number of rotatable bonds is 4. The van der Waals surface area contributed by atoms with Gasteiger partial charge in [-0.2, -0.15) is 0 Å². The lowest BCUT2D eigenvalue weighted by molar-refractivity contribution is -0.274. The van der Waals surface area contributed by atoms with E-state index >= 15 is 0 Å². The average molecular weight is 312 g/mol. The van der Waals surface area contributed by atoms with Crippen molar-refractivity contribution in [2.45, 2.75) is 37.6 Å². The van der Waals surface area contributed by atoms with Crippen LogP contribution in [0.5, 0.6) is 5.75 Å². The molecule has 1 aliphatic rings. The maximum absolute atomic E-state index is 11.4. The Bertz CT molecular complexity index is 501. The number of methoxy groups -OCH3 is 2. The Hall–Kier alpha value is -1.67. The molecular weight excluding hydrogens is 292 g/mol. The normalized spacial score (nSPS) is 31.6. The first-order chi connectivity index (χ1) is 10.5. The lowest BCUT2D eigenvalue weighted by Gasteiger charge is -2.40. The van der Waals surface area contributed by atoms with Crippen molar-refractivity contribution in [3.63, 3.8) is 0 Å². The number of ether oxygens (including phenoxy) is 4. The van der Waals surface area contributed by atoms with Crippen LogP contribution in [0.2, 0.25) is 0 Å². The van der Waals surface area contributed by atoms with Gasteiger partial charge in [-0.1, -0.05) is 0 Å². The van der Waals surface area contributed by atoms with Crippen molar-refractivity contribution in [2.75, 3.05) is 14.2 Å². The van der Waals surface area contributed by atoms with Crippen LogP contribution in [0.25, 0.3) is 0 Å². The zero-order valence-corrected chi connectivity index (χ0v) is 12.6. The van der Waals surface area contributed by atoms with Crippen LogP contribution in [-0.4, -0.2) is 61.1 Å². The molecule has 0 aliphatic carbocycles. The Balaban J connectivity index is 2.09. The van der Waals surface area contributed by atoms with Gasteiger partial charge in [-0.15, -0.1) is 0 Å². The summed E-state index contributed by atoms with van der Waals surface area (Å²) in [6.07, 6.45) is -4.46. The van der Waals surface area contributed by atoms with Gasteiger partial charge in [0.1, 0.15) is 24.1 Å². The molecule has 0 aromatic heterocycles. The maximum Gasteiger partial charge on any atom is 0.337 e. The molecule has 1 fully saturated rings. The quantitative estimate of drug-likeness (QED) is 0.774. The van der Waals surface area contributed by atoms with Gasteiger partial charge in [0.25, 0.3) is 0 Å². The van der Waals surface area contributed by atoms with E-state index in [-0.39, 0.29) is 0 Å². The Labute approximate surface area is 128 Å². The summed E-state index contributed by atoms with van der Waals surface area (Å²) >= 11 is 0. The summed E-state index contributed by atoms with van der Waals surface area (Å²) < 4.78 is 20.9. The Kier molecular flexibility index (Phi) is 5.36. The predicted octanol–water partition coefficient (Wildman–Crippen LogP) is 0.334. The largest absolute Gasteiger partial charge is 0.465 e. The van der Waals surface area contributed by atoms with E-state index in [2.05, 4.69) is 4.74 Å². The first kappa shape index (κ1) is 16.7. The van der Waals surface area contributed by atoms with E-state index in [0.717, 1.165) is 0 Å². The second-order valence-corrected chi connectivity index (χ2v) is 5.02. The van der Waals surface area contributed by atoms with Crippen molar-refractivity contribution in [1.29, 1.82) is 0 Å². The highest BCUT2D eigenvalue weighted by atomic mass is 16.7. The zero-order valence-electron chi connectivity index (χ0n) is 12.6. The third kappa shape index (κ3) is 3.38. The van der Waals surface area contributed by atoms with Crippen LogP contribution in [0, 0.1) is 0 Å². The van der Waals surface area contributed by atoms with E-state index in [4.69, 9.17) is 14.2 Å². The zero-order chi connectivity index (χ0) is 16.3. The van der Waals surface area contributed by atoms with E-state index in [9.17, 15) is 15.0 Å². The van der Waals surface area contributed by atoms with Crippen molar-refractivity contribution < 1.29 is 34.0 Å². The summed E-state index contributed by atoms with van der Waals surface area (Å²) in [7, 11) is 2.70. The highest BCUT2D eigenvalue weighted by Crippen LogP contribution is 2.26. The van der Waals surface area contributed by atoms with Crippen LogP contribution in [0.1, 0.15) is 17.3 Å². The van der Waals surface area contributed by atoms with Gasteiger partial charge in [0.15, 0.2) is 0 Å². The number of carbonyl (C=O) groups excluding carboxylic acids is 1. The topological polar surface area (TPSA) is 94.5 Å². The van der Waals surface area contributed by atoms with Gasteiger partial charge in [0, 0.05) is 7.11 Å². The maximum atomic E-state index is 11.4. The van der Waals surface area contributed by atoms with Crippen LogP contribution in [0.15, 0.2) is 24.3 Å². The van der Waals surface area contributed by atoms with Gasteiger partial charge >= 0.3 is 5.97 Å². The van der Waals surface area contributed by atoms with E-state index in [0.29, 0.717) is 11.3 Å². The van der Waals surface area contributed by atoms with Crippen LogP contribution < -0.4 is 4.74 Å². The predicted molar refractivity (Wildman–Crippen MR) is 75.6 cm³/mol. The number of hydrogen-bond donors (Lipinski definition) is 2. The summed E-state index contributed by atoms with van der Waals surface area (Å²) in [5.74, 6) is -0.00195. The molecule has 1 heterocycles. The summed E-state index contributed by atoms with van der Waals surface area (Å²) in [6, 6.07) is 6.29. The fourth-order valence-corrected chi connectivity index (χ4v) is 2.27. The van der Waals surface area contributed by atoms with Gasteiger partial charge in [-0.25, -0.2) is 4.79 Å². The molecule has 5 atom stereocenters. The van der Waals surface area contributed by atoms with Crippen molar-refractivity contribution in [2.24, 2.45) is 0 Å². The Morgan fingerprint density at radius 1 is 1.14 bits per heavy atom. The third-order valence-electron chi connectivity index (χ3n) is 3.58. The number of aliphatic hydroxyl groups excluding tert-OH is 2. The highest BCUT2D eigenvalue weighted by molar-refractivity contribution is 5.89. The van der Waals surface area contributed by atoms with E-state index in [1.54, 1.807) is 31.2 Å². The van der Waals surface area contributed by atoms with Gasteiger partial charge in [0.05, 0.1) is 18.8 Å². The smallest absolute Gasteiger partial charge is 0.337 e. The molecular formula is C15H20O7. The SMILES string of the molecule is COC(=O)c1ccc(O[C@@H]2O[C@@H](C)[C@H](O)[C@@H](O)[C@H]2OC)cc1. The van der Waals surface area contributed by atoms with Crippen LogP contribution in [0.3, 0.4) is 0 Å². The standard InChI is InChI=1S/C15H20O7/c1-8-11(16)12(17)13(19-2)15(21-8)22-10-6-4-9(5-7-10)14(18)20-3/h4-8,11-13,15-17H,1-3H3/t8-,11-,12+,13+,15-/m0/s1. The highest BCUT2D eigenvalue weighted by Gasteiger charge is 2.44. The number of hydrogen-bond acceptors (Lipinski definition) is 7. The number of benzene rings is 1. The van der Waals surface area contributed by atoms with Gasteiger partial charge < -0.3 is 29.2 Å². The van der Waals surface area contributed by atoms with Crippen molar-refractivity contribution >= 4 is 5.97 Å². The van der Waals surface area contributed by atoms with Crippen molar-refractivity contribution in [3.05, 3.63) is 29.8 Å². The fourth-order valence-electron chi connectivity index (χ4n) is 2.27. The van der Waals surface area contributed by atoms with E-state index in [1.165, 1.54) is 14.2 Å². The summed E-state index contributed by atoms with van der Waals surface area (Å²) in [5, 5.41) is 19.8. The minimum Gasteiger partial charge on any atom is -0.465 e. The second kappa shape index (κ2) is 7.06. The molecule has 0 spiro atoms. The summed E-state index contributed by atoms with van der Waals surface area (Å²) in [5.41, 5.74) is 0.395. The number of esters is 1. The van der Waals surface area contributed by atoms with Crippen LogP contribution in [-0.2, 0) is 14.2 Å². The van der Waals surface area contributed by atoms with Crippen molar-refractivity contribution in [1.82, 2.24) is 0 Å². The molecule has 2 N–H and O–H groups in total. The molecule has 1 aromatic rings. The molecule has 22 heavy (non-hydrogen) atoms. The molecule has 0 radical (unpaired) electrons. The van der Waals surface area contributed by atoms with Crippen molar-refractivity contribution in [3.8, 4) is 5.75 Å². The van der Waals surface area contributed by atoms with E-state index < -0.39 is 36.7 Å². The Morgan fingerprint density at radius 2 is 1.77 bits per heavy atom. The van der Waals surface area contributed by atoms with Crippen LogP contribution >= 0.6 is 0 Å². The Morgan fingerprint density at radius 3 is 2.32 bits per heavy atom. The first-order valence-corrected chi connectivity index (χ1v) is 6.87. The van der Waals surface area contributed by atoms with Gasteiger partial charge in [0.2, 0.25) is 6.29 Å². The molecule has 0 amide bonds. The number of carbonyl (C=O) groups is 1. The molecule has 7 heteroatoms. The molecule has 0 saturated carbocycles. The lowest BCUT2D eigenvalue weighted by Crippen LogP contribution is -2.59. The molecule has 1 aliphatic heterocycles. The average Bonchev–Trinajstić information content (AvgIpc) is 2.53. The van der Waals surface area contributed by atoms with Gasteiger partial charge in [-0.05, 0) is 31.2 Å². The molecule has 0 unspecified atom stereocenters. The minimum absolute atomic E-state index is 0.395. The van der Waals surface area contributed by atoms with E-state index in [1.807, 2.05) is 0 Å². The second-order valence-electron chi connectivity index (χ2n) is 5.02. The monoisotopic (exact) mass is 312 g/mol. The molecule has 0 bridgehead atoms. The van der Waals surface area contributed by atoms with Crippen LogP contribution in [0.4, 0.5) is 0 Å². The molecule has 1 aromatic carbocycles. The molecule has 2 rings (SSSR count). The summed E-state index contributed by atoms with van der Waals surface area (Å²) in [4.78, 5) is 11.4. The molecule has 122 valence electrons. The molecule has 7 nitrogen and oxygen atoms in total. The minimum atomic E-state index is -1.12.